The van der Waals surface area contributed by atoms with Crippen molar-refractivity contribution in [2.24, 2.45) is 0 Å². The van der Waals surface area contributed by atoms with Crippen molar-refractivity contribution in [3.8, 4) is 11.5 Å². The number of carbonyl (C=O) groups excluding carboxylic acids is 1. The van der Waals surface area contributed by atoms with Gasteiger partial charge in [0.1, 0.15) is 11.5 Å². The van der Waals surface area contributed by atoms with E-state index < -0.39 is 6.10 Å². The Morgan fingerprint density at radius 1 is 0.967 bits per heavy atom. The second kappa shape index (κ2) is 9.98. The number of ether oxygens (including phenoxy) is 2. The number of piperidine rings is 1. The van der Waals surface area contributed by atoms with Crippen LogP contribution in [0.3, 0.4) is 0 Å². The van der Waals surface area contributed by atoms with Gasteiger partial charge in [-0.3, -0.25) is 4.79 Å². The minimum absolute atomic E-state index is 0.00916. The van der Waals surface area contributed by atoms with Gasteiger partial charge >= 0.3 is 0 Å². The molecule has 0 N–H and O–H groups in total. The van der Waals surface area contributed by atoms with E-state index in [4.69, 9.17) is 9.47 Å². The summed E-state index contributed by atoms with van der Waals surface area (Å²) in [5, 5.41) is 0. The summed E-state index contributed by atoms with van der Waals surface area (Å²) in [6.07, 6.45) is 6.75. The van der Waals surface area contributed by atoms with E-state index in [1.807, 2.05) is 53.4 Å². The van der Waals surface area contributed by atoms with Crippen LogP contribution in [-0.4, -0.2) is 44.1 Å². The van der Waals surface area contributed by atoms with Crippen LogP contribution in [0.5, 0.6) is 11.5 Å². The number of amides is 1. The van der Waals surface area contributed by atoms with Gasteiger partial charge in [0.25, 0.3) is 5.91 Å². The highest BCUT2D eigenvalue weighted by Crippen LogP contribution is 2.41. The average molecular weight is 409 g/mol. The van der Waals surface area contributed by atoms with Crippen LogP contribution in [0, 0.1) is 0 Å². The van der Waals surface area contributed by atoms with E-state index in [1.54, 1.807) is 7.11 Å². The number of hydrogen-bond donors (Lipinski definition) is 0. The molecule has 0 aromatic heterocycles. The Balaban J connectivity index is 1.42. The van der Waals surface area contributed by atoms with E-state index in [0.29, 0.717) is 12.3 Å². The summed E-state index contributed by atoms with van der Waals surface area (Å²) in [5.74, 6) is 1.45. The maximum Gasteiger partial charge on any atom is 0.272 e. The quantitative estimate of drug-likeness (QED) is 0.588. The van der Waals surface area contributed by atoms with Crippen molar-refractivity contribution in [1.29, 1.82) is 0 Å². The van der Waals surface area contributed by atoms with Gasteiger partial charge in [0, 0.05) is 18.2 Å². The smallest absolute Gasteiger partial charge is 0.272 e. The monoisotopic (exact) mass is 408 g/mol. The van der Waals surface area contributed by atoms with Gasteiger partial charge < -0.3 is 19.3 Å². The first kappa shape index (κ1) is 20.7. The molecule has 160 valence electrons. The molecular formula is C25H32N2O3. The predicted octanol–water partition coefficient (Wildman–Crippen LogP) is 4.82. The molecule has 0 bridgehead atoms. The highest BCUT2D eigenvalue weighted by atomic mass is 16.5. The molecular weight excluding hydrogens is 376 g/mol. The van der Waals surface area contributed by atoms with Gasteiger partial charge in [-0.15, -0.1) is 0 Å². The number of likely N-dealkylation sites (tertiary alicyclic amines) is 1. The van der Waals surface area contributed by atoms with Gasteiger partial charge in [-0.05, 0) is 57.5 Å². The zero-order valence-electron chi connectivity index (χ0n) is 17.9. The summed E-state index contributed by atoms with van der Waals surface area (Å²) in [5.41, 5.74) is 1.72. The topological polar surface area (TPSA) is 42.0 Å². The third kappa shape index (κ3) is 4.78. The van der Waals surface area contributed by atoms with Crippen LogP contribution < -0.4 is 14.4 Å². The summed E-state index contributed by atoms with van der Waals surface area (Å²) in [6, 6.07) is 15.4. The summed E-state index contributed by atoms with van der Waals surface area (Å²) >= 11 is 0. The molecule has 0 saturated carbocycles. The van der Waals surface area contributed by atoms with Crippen LogP contribution in [-0.2, 0) is 4.79 Å². The minimum atomic E-state index is -0.612. The van der Waals surface area contributed by atoms with Crippen LogP contribution in [0.1, 0.15) is 50.2 Å². The third-order valence-corrected chi connectivity index (χ3v) is 6.10. The molecule has 2 heterocycles. The number of anilines is 1. The molecule has 2 aromatic rings. The Morgan fingerprint density at radius 3 is 2.50 bits per heavy atom. The lowest BCUT2D eigenvalue weighted by molar-refractivity contribution is -0.126. The molecule has 30 heavy (non-hydrogen) atoms. The number of fused-ring (bicyclic) bond motifs is 1. The van der Waals surface area contributed by atoms with Crippen LogP contribution in [0.2, 0.25) is 0 Å². The number of methoxy groups -OCH3 is 1. The molecule has 1 unspecified atom stereocenters. The lowest BCUT2D eigenvalue weighted by Crippen LogP contribution is -2.41. The molecule has 1 amide bonds. The van der Waals surface area contributed by atoms with Crippen molar-refractivity contribution < 1.29 is 14.3 Å². The zero-order valence-corrected chi connectivity index (χ0v) is 17.9. The molecule has 2 aromatic carbocycles. The van der Waals surface area contributed by atoms with E-state index in [2.05, 4.69) is 4.90 Å². The Morgan fingerprint density at radius 2 is 1.73 bits per heavy atom. The minimum Gasteiger partial charge on any atom is -0.497 e. The molecule has 2 aliphatic rings. The first-order valence-electron chi connectivity index (χ1n) is 11.2. The van der Waals surface area contributed by atoms with Crippen molar-refractivity contribution in [3.05, 3.63) is 54.1 Å². The van der Waals surface area contributed by atoms with E-state index >= 15 is 0 Å². The number of rotatable bonds is 8. The largest absolute Gasteiger partial charge is 0.497 e. The summed E-state index contributed by atoms with van der Waals surface area (Å²) in [7, 11) is 1.64. The number of nitrogens with zero attached hydrogens (tertiary/aromatic N) is 2. The molecule has 1 atom stereocenters. The SMILES string of the molecule is COc1ccc2c(c1)OC(c1ccccc1)C(=O)N2CCCCCN1CCCCC1. The number of unbranched alkanes of at least 4 members (excludes halogenated alkanes) is 2. The summed E-state index contributed by atoms with van der Waals surface area (Å²) in [4.78, 5) is 17.8. The van der Waals surface area contributed by atoms with Crippen LogP contribution in [0.4, 0.5) is 5.69 Å². The predicted molar refractivity (Wildman–Crippen MR) is 119 cm³/mol. The molecule has 5 heteroatoms. The van der Waals surface area contributed by atoms with Gasteiger partial charge in [0.15, 0.2) is 0 Å². The second-order valence-electron chi connectivity index (χ2n) is 8.20. The van der Waals surface area contributed by atoms with Gasteiger partial charge in [-0.2, -0.15) is 0 Å². The molecule has 0 radical (unpaired) electrons. The van der Waals surface area contributed by atoms with E-state index in [0.717, 1.165) is 29.8 Å². The average Bonchev–Trinajstić information content (AvgIpc) is 2.80. The van der Waals surface area contributed by atoms with Crippen molar-refractivity contribution in [1.82, 2.24) is 4.90 Å². The molecule has 1 fully saturated rings. The number of benzene rings is 2. The molecule has 2 aliphatic heterocycles. The highest BCUT2D eigenvalue weighted by molar-refractivity contribution is 6.00. The van der Waals surface area contributed by atoms with E-state index in [1.165, 1.54) is 45.3 Å². The van der Waals surface area contributed by atoms with Crippen LogP contribution >= 0.6 is 0 Å². The first-order chi connectivity index (χ1) is 14.8. The van der Waals surface area contributed by atoms with Crippen LogP contribution in [0.25, 0.3) is 0 Å². The third-order valence-electron chi connectivity index (χ3n) is 6.10. The normalized spacial score (nSPS) is 19.3. The summed E-state index contributed by atoms with van der Waals surface area (Å²) < 4.78 is 11.5. The number of hydrogen-bond acceptors (Lipinski definition) is 4. The van der Waals surface area contributed by atoms with Crippen molar-refractivity contribution >= 4 is 11.6 Å². The lowest BCUT2D eigenvalue weighted by Gasteiger charge is -2.35. The fourth-order valence-corrected chi connectivity index (χ4v) is 4.41. The van der Waals surface area contributed by atoms with E-state index in [9.17, 15) is 4.79 Å². The van der Waals surface area contributed by atoms with Crippen LogP contribution in [0.15, 0.2) is 48.5 Å². The molecule has 1 saturated heterocycles. The van der Waals surface area contributed by atoms with Gasteiger partial charge in [0.05, 0.1) is 12.8 Å². The Kier molecular flexibility index (Phi) is 6.90. The number of carbonyl (C=O) groups is 1. The van der Waals surface area contributed by atoms with Gasteiger partial charge in [0.2, 0.25) is 6.10 Å². The molecule has 4 rings (SSSR count). The van der Waals surface area contributed by atoms with Gasteiger partial charge in [-0.25, -0.2) is 0 Å². The second-order valence-corrected chi connectivity index (χ2v) is 8.20. The van der Waals surface area contributed by atoms with Crippen molar-refractivity contribution in [2.75, 3.05) is 38.2 Å². The Labute approximate surface area is 179 Å². The Bertz CT molecular complexity index is 834. The highest BCUT2D eigenvalue weighted by Gasteiger charge is 2.35. The fourth-order valence-electron chi connectivity index (χ4n) is 4.41. The summed E-state index contributed by atoms with van der Waals surface area (Å²) in [6.45, 7) is 4.38. The maximum atomic E-state index is 13.3. The fraction of sp³-hybridized carbons (Fsp3) is 0.480. The Hall–Kier alpha value is -2.53. The first-order valence-corrected chi connectivity index (χ1v) is 11.2. The van der Waals surface area contributed by atoms with Crippen molar-refractivity contribution in [3.63, 3.8) is 0 Å². The van der Waals surface area contributed by atoms with Gasteiger partial charge in [-0.1, -0.05) is 43.2 Å². The molecule has 5 nitrogen and oxygen atoms in total. The molecule has 0 spiro atoms. The molecule has 0 aliphatic carbocycles. The standard InChI is InChI=1S/C25H32N2O3/c1-29-21-13-14-22-23(19-21)30-24(20-11-5-2-6-12-20)25(28)27(22)18-10-4-9-17-26-15-7-3-8-16-26/h2,5-6,11-14,19,24H,3-4,7-10,15-18H2,1H3. The maximum absolute atomic E-state index is 13.3. The van der Waals surface area contributed by atoms with E-state index in [-0.39, 0.29) is 5.91 Å². The zero-order chi connectivity index (χ0) is 20.8. The lowest BCUT2D eigenvalue weighted by atomic mass is 10.0. The van der Waals surface area contributed by atoms with Crippen molar-refractivity contribution in [2.45, 2.75) is 44.6 Å².